The van der Waals surface area contributed by atoms with Crippen LogP contribution in [0.5, 0.6) is 0 Å². The van der Waals surface area contributed by atoms with Gasteiger partial charge in [-0.05, 0) is 5.92 Å². The van der Waals surface area contributed by atoms with Gasteiger partial charge in [0.05, 0.1) is 0 Å². The molecule has 1 rings (SSSR count). The summed E-state index contributed by atoms with van der Waals surface area (Å²) in [6.07, 6.45) is 0.928. The maximum absolute atomic E-state index is 4.88. The Labute approximate surface area is 66.2 Å². The minimum atomic E-state index is -0.311. The molecule has 0 saturated heterocycles. The lowest BCUT2D eigenvalue weighted by molar-refractivity contribution is 0.0926. The molecule has 1 aliphatic heterocycles. The Hall–Kier alpha value is -0.220. The van der Waals surface area contributed by atoms with Crippen molar-refractivity contribution in [2.45, 2.75) is 25.8 Å². The van der Waals surface area contributed by atoms with Crippen molar-refractivity contribution in [2.75, 3.05) is 0 Å². The van der Waals surface area contributed by atoms with Gasteiger partial charge in [-0.3, -0.25) is 0 Å². The van der Waals surface area contributed by atoms with E-state index < -0.39 is 0 Å². The van der Waals surface area contributed by atoms with Gasteiger partial charge in [0.15, 0.2) is 0 Å². The Bertz CT molecular complexity index is 147. The summed E-state index contributed by atoms with van der Waals surface area (Å²) in [6, 6.07) is 0. The van der Waals surface area contributed by atoms with Gasteiger partial charge in [0.25, 0.3) is 0 Å². The summed E-state index contributed by atoms with van der Waals surface area (Å²) in [5.74, 6) is 1.50. The molecule has 0 fully saturated rings. The quantitative estimate of drug-likeness (QED) is 0.595. The van der Waals surface area contributed by atoms with Crippen LogP contribution in [0.2, 0.25) is 0 Å². The second kappa shape index (κ2) is 3.25. The van der Waals surface area contributed by atoms with Crippen molar-refractivity contribution < 1.29 is 4.84 Å². The third kappa shape index (κ3) is 2.19. The third-order valence-electron chi connectivity index (χ3n) is 1.15. The molecule has 0 radical (unpaired) electrons. The molecule has 0 amide bonds. The van der Waals surface area contributed by atoms with Crippen LogP contribution in [0.3, 0.4) is 0 Å². The number of nitrogens with one attached hydrogen (secondary N) is 1. The molecule has 0 aliphatic carbocycles. The summed E-state index contributed by atoms with van der Waals surface area (Å²) in [7, 11) is 0. The highest BCUT2D eigenvalue weighted by atomic mass is 32.1. The average Bonchev–Trinajstić information content (AvgIpc) is 2.13. The molecule has 0 aromatic carbocycles. The lowest BCUT2D eigenvalue weighted by Crippen LogP contribution is -2.18. The van der Waals surface area contributed by atoms with Crippen LogP contribution in [0.4, 0.5) is 0 Å². The van der Waals surface area contributed by atoms with Crippen LogP contribution >= 0.6 is 12.6 Å². The maximum atomic E-state index is 4.88. The monoisotopic (exact) mass is 160 g/mol. The number of thiol groups is 1. The van der Waals surface area contributed by atoms with Crippen LogP contribution in [0.15, 0.2) is 4.99 Å². The fraction of sp³-hybridized carbons (Fsp3) is 0.833. The first kappa shape index (κ1) is 7.88. The van der Waals surface area contributed by atoms with E-state index in [2.05, 4.69) is 36.9 Å². The van der Waals surface area contributed by atoms with E-state index in [1.807, 2.05) is 0 Å². The number of nitrogens with zero attached hydrogens (tertiary/aromatic N) is 1. The topological polar surface area (TPSA) is 33.6 Å². The van der Waals surface area contributed by atoms with Crippen LogP contribution in [-0.4, -0.2) is 11.4 Å². The van der Waals surface area contributed by atoms with Crippen molar-refractivity contribution in [1.82, 2.24) is 5.48 Å². The molecule has 0 saturated carbocycles. The van der Waals surface area contributed by atoms with E-state index in [1.165, 1.54) is 0 Å². The molecule has 1 atom stereocenters. The van der Waals surface area contributed by atoms with Gasteiger partial charge in [0, 0.05) is 6.42 Å². The fourth-order valence-corrected chi connectivity index (χ4v) is 0.980. The molecule has 10 heavy (non-hydrogen) atoms. The van der Waals surface area contributed by atoms with Gasteiger partial charge in [-0.1, -0.05) is 13.8 Å². The first-order chi connectivity index (χ1) is 4.68. The summed E-state index contributed by atoms with van der Waals surface area (Å²) in [6.45, 7) is 4.27. The molecule has 1 aliphatic rings. The van der Waals surface area contributed by atoms with E-state index in [-0.39, 0.29) is 5.56 Å². The van der Waals surface area contributed by atoms with Crippen LogP contribution in [0.1, 0.15) is 20.3 Å². The number of amidine groups is 1. The number of hydroxylamine groups is 1. The van der Waals surface area contributed by atoms with E-state index in [1.54, 1.807) is 0 Å². The molecule has 0 aromatic rings. The van der Waals surface area contributed by atoms with Gasteiger partial charge < -0.3 is 0 Å². The van der Waals surface area contributed by atoms with Gasteiger partial charge in [0.2, 0.25) is 5.56 Å². The van der Waals surface area contributed by atoms with Gasteiger partial charge in [-0.15, -0.1) is 12.6 Å². The van der Waals surface area contributed by atoms with Crippen LogP contribution in [-0.2, 0) is 4.84 Å². The summed E-state index contributed by atoms with van der Waals surface area (Å²) in [4.78, 5) is 8.95. The second-order valence-corrected chi connectivity index (χ2v) is 3.16. The maximum Gasteiger partial charge on any atom is 0.220 e. The first-order valence-electron chi connectivity index (χ1n) is 3.35. The molecule has 0 spiro atoms. The molecular weight excluding hydrogens is 148 g/mol. The summed E-state index contributed by atoms with van der Waals surface area (Å²) in [5.41, 5.74) is 2.40. The Kier molecular flexibility index (Phi) is 2.56. The van der Waals surface area contributed by atoms with E-state index in [0.29, 0.717) is 5.92 Å². The highest BCUT2D eigenvalue weighted by Gasteiger charge is 2.13. The van der Waals surface area contributed by atoms with Crippen molar-refractivity contribution in [3.8, 4) is 0 Å². The molecule has 1 N–H and O–H groups in total. The van der Waals surface area contributed by atoms with E-state index >= 15 is 0 Å². The Morgan fingerprint density at radius 3 is 2.90 bits per heavy atom. The van der Waals surface area contributed by atoms with Crippen LogP contribution < -0.4 is 5.48 Å². The highest BCUT2D eigenvalue weighted by Crippen LogP contribution is 2.09. The Balaban J connectivity index is 2.35. The van der Waals surface area contributed by atoms with E-state index in [4.69, 9.17) is 4.84 Å². The molecule has 1 heterocycles. The molecular formula is C6H12N2OS. The average molecular weight is 160 g/mol. The summed E-state index contributed by atoms with van der Waals surface area (Å²) in [5, 5.41) is 0. The number of hydrogen-bond acceptors (Lipinski definition) is 4. The molecule has 3 nitrogen and oxygen atoms in total. The van der Waals surface area contributed by atoms with Crippen molar-refractivity contribution in [3.63, 3.8) is 0 Å². The standard InChI is InChI=1S/C6H12N2OS/c1-4(2)3-5-7-6(10)9-8-5/h4,6,10H,3H2,1-2H3,(H,7,8)/t6-/m0/s1. The van der Waals surface area contributed by atoms with Crippen molar-refractivity contribution in [2.24, 2.45) is 10.9 Å². The Morgan fingerprint density at radius 1 is 1.80 bits per heavy atom. The molecule has 0 bridgehead atoms. The SMILES string of the molecule is CC(C)CC1=N[C@H](S)ON1. The largest absolute Gasteiger partial charge is 0.250 e. The number of aliphatic imine (C=N–C) groups is 1. The minimum absolute atomic E-state index is 0.311. The molecule has 58 valence electrons. The molecule has 0 unspecified atom stereocenters. The molecule has 0 aromatic heterocycles. The fourth-order valence-electron chi connectivity index (χ4n) is 0.788. The van der Waals surface area contributed by atoms with E-state index in [9.17, 15) is 0 Å². The third-order valence-corrected chi connectivity index (χ3v) is 1.37. The van der Waals surface area contributed by atoms with Crippen molar-refractivity contribution in [1.29, 1.82) is 0 Å². The zero-order valence-corrected chi connectivity index (χ0v) is 7.06. The zero-order valence-electron chi connectivity index (χ0n) is 6.16. The number of rotatable bonds is 2. The summed E-state index contributed by atoms with van der Waals surface area (Å²) < 4.78 is 0. The summed E-state index contributed by atoms with van der Waals surface area (Å²) >= 11 is 4.00. The van der Waals surface area contributed by atoms with Gasteiger partial charge in [0.1, 0.15) is 5.84 Å². The van der Waals surface area contributed by atoms with Crippen molar-refractivity contribution >= 4 is 18.5 Å². The smallest absolute Gasteiger partial charge is 0.220 e. The second-order valence-electron chi connectivity index (χ2n) is 2.72. The van der Waals surface area contributed by atoms with E-state index in [0.717, 1.165) is 12.3 Å². The number of hydrogen-bond donors (Lipinski definition) is 2. The first-order valence-corrected chi connectivity index (χ1v) is 3.86. The lowest BCUT2D eigenvalue weighted by Gasteiger charge is -2.02. The minimum Gasteiger partial charge on any atom is -0.250 e. The van der Waals surface area contributed by atoms with Gasteiger partial charge in [-0.25, -0.2) is 15.3 Å². The molecule has 4 heteroatoms. The predicted octanol–water partition coefficient (Wildman–Crippen LogP) is 1.18. The van der Waals surface area contributed by atoms with Crippen molar-refractivity contribution in [3.05, 3.63) is 0 Å². The van der Waals surface area contributed by atoms with Gasteiger partial charge >= 0.3 is 0 Å². The normalized spacial score (nSPS) is 24.8. The van der Waals surface area contributed by atoms with Crippen LogP contribution in [0.25, 0.3) is 0 Å². The van der Waals surface area contributed by atoms with Gasteiger partial charge in [-0.2, -0.15) is 0 Å². The lowest BCUT2D eigenvalue weighted by atomic mass is 10.1. The highest BCUT2D eigenvalue weighted by molar-refractivity contribution is 7.80. The Morgan fingerprint density at radius 2 is 2.50 bits per heavy atom. The van der Waals surface area contributed by atoms with Crippen LogP contribution in [0, 0.1) is 5.92 Å². The predicted molar refractivity (Wildman–Crippen MR) is 43.9 cm³/mol. The zero-order chi connectivity index (χ0) is 7.56.